The molecular weight excluding hydrogens is 316 g/mol. The van der Waals surface area contributed by atoms with Crippen LogP contribution in [0.4, 0.5) is 5.95 Å². The number of nitrogens with zero attached hydrogens (tertiary/aromatic N) is 3. The van der Waals surface area contributed by atoms with Crippen LogP contribution < -0.4 is 10.2 Å². The van der Waals surface area contributed by atoms with Gasteiger partial charge in [-0.3, -0.25) is 4.79 Å². The number of carbonyl (C=O) groups is 1. The summed E-state index contributed by atoms with van der Waals surface area (Å²) in [7, 11) is 0. The van der Waals surface area contributed by atoms with Gasteiger partial charge in [0.25, 0.3) is 0 Å². The third-order valence-corrected chi connectivity index (χ3v) is 5.30. The number of ether oxygens (including phenoxy) is 1. The van der Waals surface area contributed by atoms with E-state index in [-0.39, 0.29) is 11.5 Å². The van der Waals surface area contributed by atoms with Gasteiger partial charge in [-0.15, -0.1) is 0 Å². The van der Waals surface area contributed by atoms with Crippen molar-refractivity contribution in [2.24, 2.45) is 5.92 Å². The summed E-state index contributed by atoms with van der Waals surface area (Å²) in [4.78, 5) is 23.6. The van der Waals surface area contributed by atoms with Crippen molar-refractivity contribution in [2.75, 3.05) is 31.1 Å². The van der Waals surface area contributed by atoms with Crippen LogP contribution in [0, 0.1) is 19.8 Å². The summed E-state index contributed by atoms with van der Waals surface area (Å²) >= 11 is 0. The van der Waals surface area contributed by atoms with Gasteiger partial charge in [-0.05, 0) is 58.4 Å². The van der Waals surface area contributed by atoms with Gasteiger partial charge in [-0.2, -0.15) is 0 Å². The molecule has 0 aliphatic carbocycles. The summed E-state index contributed by atoms with van der Waals surface area (Å²) in [5.74, 6) is 1.42. The van der Waals surface area contributed by atoms with Crippen LogP contribution >= 0.6 is 0 Å². The standard InChI is InChI=1S/C19H30N4O2/c1-14-11-15(2)22-18(21-14)23-8-5-16(6-9-23)12-17(24)20-13-19(3)7-4-10-25-19/h11,16H,4-10,12-13H2,1-3H3,(H,20,24). The minimum atomic E-state index is -0.167. The molecule has 2 aliphatic rings. The van der Waals surface area contributed by atoms with Crippen molar-refractivity contribution in [2.45, 2.75) is 58.5 Å². The average Bonchev–Trinajstić information content (AvgIpc) is 3.00. The Balaban J connectivity index is 1.43. The third kappa shape index (κ3) is 4.91. The van der Waals surface area contributed by atoms with Crippen LogP contribution in [0.2, 0.25) is 0 Å². The Morgan fingerprint density at radius 3 is 2.60 bits per heavy atom. The van der Waals surface area contributed by atoms with E-state index in [0.29, 0.717) is 18.9 Å². The summed E-state index contributed by atoms with van der Waals surface area (Å²) in [6, 6.07) is 2.00. The number of nitrogens with one attached hydrogen (secondary N) is 1. The third-order valence-electron chi connectivity index (χ3n) is 5.30. The molecule has 6 nitrogen and oxygen atoms in total. The summed E-state index contributed by atoms with van der Waals surface area (Å²) in [6.45, 7) is 9.37. The first-order chi connectivity index (χ1) is 11.9. The molecule has 3 heterocycles. The van der Waals surface area contributed by atoms with Crippen LogP contribution in [0.3, 0.4) is 0 Å². The minimum Gasteiger partial charge on any atom is -0.373 e. The lowest BCUT2D eigenvalue weighted by molar-refractivity contribution is -0.123. The van der Waals surface area contributed by atoms with Crippen LogP contribution in [0.1, 0.15) is 50.4 Å². The van der Waals surface area contributed by atoms with E-state index in [1.807, 2.05) is 19.9 Å². The second-order valence-electron chi connectivity index (χ2n) is 7.76. The van der Waals surface area contributed by atoms with Gasteiger partial charge in [-0.25, -0.2) is 9.97 Å². The van der Waals surface area contributed by atoms with Crippen molar-refractivity contribution in [3.05, 3.63) is 17.5 Å². The number of aromatic nitrogens is 2. The van der Waals surface area contributed by atoms with Crippen molar-refractivity contribution >= 4 is 11.9 Å². The van der Waals surface area contributed by atoms with Crippen LogP contribution in [0.15, 0.2) is 6.07 Å². The fourth-order valence-electron chi connectivity index (χ4n) is 3.78. The van der Waals surface area contributed by atoms with Crippen LogP contribution in [0.25, 0.3) is 0 Å². The van der Waals surface area contributed by atoms with E-state index in [9.17, 15) is 4.79 Å². The quantitative estimate of drug-likeness (QED) is 0.887. The predicted molar refractivity (Wildman–Crippen MR) is 97.7 cm³/mol. The molecule has 2 aliphatic heterocycles. The van der Waals surface area contributed by atoms with Crippen molar-refractivity contribution in [1.29, 1.82) is 0 Å². The molecule has 1 unspecified atom stereocenters. The molecule has 0 spiro atoms. The Morgan fingerprint density at radius 2 is 2.00 bits per heavy atom. The van der Waals surface area contributed by atoms with Gasteiger partial charge in [0.05, 0.1) is 5.60 Å². The molecule has 25 heavy (non-hydrogen) atoms. The summed E-state index contributed by atoms with van der Waals surface area (Å²) in [5, 5.41) is 3.07. The highest BCUT2D eigenvalue weighted by atomic mass is 16.5. The van der Waals surface area contributed by atoms with E-state index in [4.69, 9.17) is 4.74 Å². The number of rotatable bonds is 5. The van der Waals surface area contributed by atoms with E-state index in [2.05, 4.69) is 27.1 Å². The second-order valence-corrected chi connectivity index (χ2v) is 7.76. The largest absolute Gasteiger partial charge is 0.373 e. The highest BCUT2D eigenvalue weighted by Crippen LogP contribution is 2.25. The molecule has 1 N–H and O–H groups in total. The number of hydrogen-bond donors (Lipinski definition) is 1. The average molecular weight is 346 g/mol. The molecule has 0 radical (unpaired) electrons. The number of aryl methyl sites for hydroxylation is 2. The van der Waals surface area contributed by atoms with Gasteiger partial charge in [0.15, 0.2) is 0 Å². The second kappa shape index (κ2) is 7.68. The van der Waals surface area contributed by atoms with Gasteiger partial charge in [0.1, 0.15) is 0 Å². The molecule has 3 rings (SSSR count). The lowest BCUT2D eigenvalue weighted by Gasteiger charge is -2.32. The zero-order chi connectivity index (χ0) is 17.9. The topological polar surface area (TPSA) is 67.4 Å². The highest BCUT2D eigenvalue weighted by molar-refractivity contribution is 5.76. The monoisotopic (exact) mass is 346 g/mol. The molecule has 2 saturated heterocycles. The summed E-state index contributed by atoms with van der Waals surface area (Å²) in [6.07, 6.45) is 4.75. The molecule has 6 heteroatoms. The first-order valence-corrected chi connectivity index (χ1v) is 9.41. The van der Waals surface area contributed by atoms with E-state index in [0.717, 1.165) is 62.7 Å². The lowest BCUT2D eigenvalue weighted by atomic mass is 9.93. The Hall–Kier alpha value is -1.69. The van der Waals surface area contributed by atoms with Gasteiger partial charge < -0.3 is 15.0 Å². The first kappa shape index (κ1) is 18.1. The maximum absolute atomic E-state index is 12.2. The number of hydrogen-bond acceptors (Lipinski definition) is 5. The molecule has 1 aromatic rings. The molecule has 2 fully saturated rings. The molecule has 0 aromatic carbocycles. The normalized spacial score (nSPS) is 24.5. The smallest absolute Gasteiger partial charge is 0.225 e. The fourth-order valence-corrected chi connectivity index (χ4v) is 3.78. The van der Waals surface area contributed by atoms with Crippen LogP contribution in [-0.2, 0) is 9.53 Å². The first-order valence-electron chi connectivity index (χ1n) is 9.41. The van der Waals surface area contributed by atoms with E-state index in [1.54, 1.807) is 0 Å². The van der Waals surface area contributed by atoms with Gasteiger partial charge in [-0.1, -0.05) is 0 Å². The SMILES string of the molecule is Cc1cc(C)nc(N2CCC(CC(=O)NCC3(C)CCCO3)CC2)n1. The molecular formula is C19H30N4O2. The van der Waals surface area contributed by atoms with Crippen molar-refractivity contribution in [1.82, 2.24) is 15.3 Å². The molecule has 0 saturated carbocycles. The number of carbonyl (C=O) groups excluding carboxylic acids is 1. The zero-order valence-corrected chi connectivity index (χ0v) is 15.7. The maximum atomic E-state index is 12.2. The number of amides is 1. The van der Waals surface area contributed by atoms with Gasteiger partial charge >= 0.3 is 0 Å². The molecule has 0 bridgehead atoms. The Bertz CT molecular complexity index is 585. The Labute approximate surface area is 150 Å². The summed E-state index contributed by atoms with van der Waals surface area (Å²) in [5.41, 5.74) is 1.85. The number of anilines is 1. The van der Waals surface area contributed by atoms with E-state index < -0.39 is 0 Å². The number of piperidine rings is 1. The highest BCUT2D eigenvalue weighted by Gasteiger charge is 2.30. The summed E-state index contributed by atoms with van der Waals surface area (Å²) < 4.78 is 5.73. The zero-order valence-electron chi connectivity index (χ0n) is 15.7. The van der Waals surface area contributed by atoms with Crippen molar-refractivity contribution in [3.8, 4) is 0 Å². The Kier molecular flexibility index (Phi) is 5.57. The van der Waals surface area contributed by atoms with Crippen molar-refractivity contribution < 1.29 is 9.53 Å². The van der Waals surface area contributed by atoms with Crippen molar-refractivity contribution in [3.63, 3.8) is 0 Å². The van der Waals surface area contributed by atoms with Crippen LogP contribution in [0.5, 0.6) is 0 Å². The van der Waals surface area contributed by atoms with Gasteiger partial charge in [0.2, 0.25) is 11.9 Å². The van der Waals surface area contributed by atoms with Gasteiger partial charge in [0, 0.05) is 44.0 Å². The molecule has 138 valence electrons. The Morgan fingerprint density at radius 1 is 1.32 bits per heavy atom. The minimum absolute atomic E-state index is 0.151. The molecule has 1 amide bonds. The molecule has 1 aromatic heterocycles. The van der Waals surface area contributed by atoms with E-state index >= 15 is 0 Å². The fraction of sp³-hybridized carbons (Fsp3) is 0.737. The van der Waals surface area contributed by atoms with Crippen LogP contribution in [-0.4, -0.2) is 47.7 Å². The van der Waals surface area contributed by atoms with E-state index in [1.165, 1.54) is 0 Å². The molecule has 1 atom stereocenters. The lowest BCUT2D eigenvalue weighted by Crippen LogP contribution is -2.41. The predicted octanol–water partition coefficient (Wildman–Crippen LogP) is 2.39. The maximum Gasteiger partial charge on any atom is 0.225 e.